The molecule has 2 aromatic carbocycles. The number of hydrogen-bond donors (Lipinski definition) is 2. The predicted molar refractivity (Wildman–Crippen MR) is 74.0 cm³/mol. The first-order chi connectivity index (χ1) is 8.68. The zero-order chi connectivity index (χ0) is 13.0. The average molecular weight is 281 g/mol. The molecule has 0 radical (unpaired) electrons. The maximum absolute atomic E-state index is 11.9. The molecule has 0 fully saturated rings. The van der Waals surface area contributed by atoms with Gasteiger partial charge in [0.15, 0.2) is 0 Å². The number of benzene rings is 2. The Bertz CT molecular complexity index is 558. The highest BCUT2D eigenvalue weighted by molar-refractivity contribution is 6.43. The van der Waals surface area contributed by atoms with Gasteiger partial charge in [-0.25, -0.2) is 0 Å². The fourth-order valence-corrected chi connectivity index (χ4v) is 1.78. The topological polar surface area (TPSA) is 41.1 Å². The standard InChI is InChI=1S/C13H10Cl2N2O/c14-11-8-4-7-10(12(11)15)13(18)17-16-9-5-2-1-3-6-9/h1-8,16H,(H,17,18). The number of para-hydroxylation sites is 1. The lowest BCUT2D eigenvalue weighted by molar-refractivity contribution is 0.0963. The molecule has 0 aliphatic carbocycles. The minimum Gasteiger partial charge on any atom is -0.298 e. The summed E-state index contributed by atoms with van der Waals surface area (Å²) in [5.41, 5.74) is 6.45. The summed E-state index contributed by atoms with van der Waals surface area (Å²) in [6.07, 6.45) is 0. The highest BCUT2D eigenvalue weighted by Gasteiger charge is 2.11. The number of carbonyl (C=O) groups excluding carboxylic acids is 1. The molecule has 0 saturated heterocycles. The van der Waals surface area contributed by atoms with Gasteiger partial charge < -0.3 is 0 Å². The number of carbonyl (C=O) groups is 1. The lowest BCUT2D eigenvalue weighted by Crippen LogP contribution is -2.29. The number of halogens is 2. The number of anilines is 1. The normalized spacial score (nSPS) is 9.89. The quantitative estimate of drug-likeness (QED) is 0.841. The molecule has 0 spiro atoms. The molecule has 2 aromatic rings. The van der Waals surface area contributed by atoms with Gasteiger partial charge in [-0.15, -0.1) is 0 Å². The van der Waals surface area contributed by atoms with Crippen LogP contribution in [-0.2, 0) is 0 Å². The molecule has 18 heavy (non-hydrogen) atoms. The Morgan fingerprint density at radius 1 is 0.944 bits per heavy atom. The van der Waals surface area contributed by atoms with Crippen molar-refractivity contribution in [3.8, 4) is 0 Å². The van der Waals surface area contributed by atoms with Gasteiger partial charge in [0.05, 0.1) is 21.3 Å². The van der Waals surface area contributed by atoms with Crippen molar-refractivity contribution in [3.05, 3.63) is 64.1 Å². The highest BCUT2D eigenvalue weighted by atomic mass is 35.5. The third-order valence-corrected chi connectivity index (χ3v) is 3.11. The van der Waals surface area contributed by atoms with Crippen molar-refractivity contribution in [3.63, 3.8) is 0 Å². The van der Waals surface area contributed by atoms with Gasteiger partial charge in [0.25, 0.3) is 5.91 Å². The van der Waals surface area contributed by atoms with Crippen molar-refractivity contribution in [1.29, 1.82) is 0 Å². The lowest BCUT2D eigenvalue weighted by atomic mass is 10.2. The van der Waals surface area contributed by atoms with Crippen molar-refractivity contribution in [2.45, 2.75) is 0 Å². The van der Waals surface area contributed by atoms with Crippen LogP contribution in [0.1, 0.15) is 10.4 Å². The Labute approximate surface area is 115 Å². The number of hydrogen-bond acceptors (Lipinski definition) is 2. The van der Waals surface area contributed by atoms with E-state index < -0.39 is 0 Å². The van der Waals surface area contributed by atoms with E-state index in [9.17, 15) is 4.79 Å². The van der Waals surface area contributed by atoms with E-state index in [0.717, 1.165) is 5.69 Å². The molecule has 5 heteroatoms. The summed E-state index contributed by atoms with van der Waals surface area (Å²) >= 11 is 11.8. The smallest absolute Gasteiger partial charge is 0.271 e. The third-order valence-electron chi connectivity index (χ3n) is 2.29. The lowest BCUT2D eigenvalue weighted by Gasteiger charge is -2.09. The van der Waals surface area contributed by atoms with Crippen LogP contribution in [0.15, 0.2) is 48.5 Å². The Morgan fingerprint density at radius 2 is 1.67 bits per heavy atom. The molecular weight excluding hydrogens is 271 g/mol. The van der Waals surface area contributed by atoms with Crippen LogP contribution in [0.3, 0.4) is 0 Å². The van der Waals surface area contributed by atoms with Crippen LogP contribution >= 0.6 is 23.2 Å². The molecule has 0 heterocycles. The summed E-state index contributed by atoms with van der Waals surface area (Å²) in [7, 11) is 0. The van der Waals surface area contributed by atoms with Gasteiger partial charge in [-0.3, -0.25) is 15.6 Å². The molecule has 92 valence electrons. The second-order valence-electron chi connectivity index (χ2n) is 3.55. The average Bonchev–Trinajstić information content (AvgIpc) is 2.40. The molecular formula is C13H10Cl2N2O. The first kappa shape index (κ1) is 12.7. The van der Waals surface area contributed by atoms with E-state index >= 15 is 0 Å². The van der Waals surface area contributed by atoms with E-state index in [0.29, 0.717) is 10.6 Å². The molecule has 1 amide bonds. The number of amides is 1. The molecule has 0 aliphatic rings. The van der Waals surface area contributed by atoms with E-state index in [-0.39, 0.29) is 10.9 Å². The summed E-state index contributed by atoms with van der Waals surface area (Å²) < 4.78 is 0. The molecule has 0 atom stereocenters. The Balaban J connectivity index is 2.07. The summed E-state index contributed by atoms with van der Waals surface area (Å²) in [6, 6.07) is 14.2. The number of hydrazine groups is 1. The van der Waals surface area contributed by atoms with Gasteiger partial charge in [0.2, 0.25) is 0 Å². The van der Waals surface area contributed by atoms with Crippen LogP contribution < -0.4 is 10.9 Å². The molecule has 0 unspecified atom stereocenters. The SMILES string of the molecule is O=C(NNc1ccccc1)c1cccc(Cl)c1Cl. The van der Waals surface area contributed by atoms with Crippen molar-refractivity contribution >= 4 is 34.8 Å². The van der Waals surface area contributed by atoms with Crippen LogP contribution in [0.4, 0.5) is 5.69 Å². The van der Waals surface area contributed by atoms with Crippen LogP contribution in [-0.4, -0.2) is 5.91 Å². The molecule has 2 rings (SSSR count). The maximum atomic E-state index is 11.9. The maximum Gasteiger partial charge on any atom is 0.271 e. The van der Waals surface area contributed by atoms with Gasteiger partial charge in [-0.05, 0) is 24.3 Å². The van der Waals surface area contributed by atoms with Gasteiger partial charge in [0, 0.05) is 0 Å². The van der Waals surface area contributed by atoms with Gasteiger partial charge in [-0.1, -0.05) is 47.5 Å². The summed E-state index contributed by atoms with van der Waals surface area (Å²) in [4.78, 5) is 11.9. The predicted octanol–water partition coefficient (Wildman–Crippen LogP) is 3.75. The van der Waals surface area contributed by atoms with E-state index in [4.69, 9.17) is 23.2 Å². The number of nitrogens with one attached hydrogen (secondary N) is 2. The van der Waals surface area contributed by atoms with Crippen LogP contribution in [0.5, 0.6) is 0 Å². The van der Waals surface area contributed by atoms with Crippen molar-refractivity contribution in [2.75, 3.05) is 5.43 Å². The van der Waals surface area contributed by atoms with E-state index in [1.807, 2.05) is 30.3 Å². The minimum absolute atomic E-state index is 0.242. The summed E-state index contributed by atoms with van der Waals surface area (Å²) in [5, 5.41) is 0.593. The fourth-order valence-electron chi connectivity index (χ4n) is 1.40. The molecule has 0 aromatic heterocycles. The van der Waals surface area contributed by atoms with Crippen molar-refractivity contribution in [1.82, 2.24) is 5.43 Å². The molecule has 3 nitrogen and oxygen atoms in total. The zero-order valence-electron chi connectivity index (χ0n) is 9.28. The van der Waals surface area contributed by atoms with Gasteiger partial charge >= 0.3 is 0 Å². The summed E-state index contributed by atoms with van der Waals surface area (Å²) in [6.45, 7) is 0. The molecule has 0 aliphatic heterocycles. The number of rotatable bonds is 3. The molecule has 2 N–H and O–H groups in total. The second-order valence-corrected chi connectivity index (χ2v) is 4.33. The largest absolute Gasteiger partial charge is 0.298 e. The second kappa shape index (κ2) is 5.76. The van der Waals surface area contributed by atoms with E-state index in [2.05, 4.69) is 10.9 Å². The molecule has 0 saturated carbocycles. The fraction of sp³-hybridized carbons (Fsp3) is 0. The minimum atomic E-state index is -0.341. The van der Waals surface area contributed by atoms with Crippen LogP contribution in [0.2, 0.25) is 10.0 Å². The van der Waals surface area contributed by atoms with Gasteiger partial charge in [-0.2, -0.15) is 0 Å². The van der Waals surface area contributed by atoms with Crippen LogP contribution in [0.25, 0.3) is 0 Å². The van der Waals surface area contributed by atoms with E-state index in [1.165, 1.54) is 0 Å². The Kier molecular flexibility index (Phi) is 4.07. The Morgan fingerprint density at radius 3 is 2.39 bits per heavy atom. The van der Waals surface area contributed by atoms with Crippen molar-refractivity contribution < 1.29 is 4.79 Å². The first-order valence-electron chi connectivity index (χ1n) is 5.24. The van der Waals surface area contributed by atoms with Crippen LogP contribution in [0, 0.1) is 0 Å². The molecule has 0 bridgehead atoms. The highest BCUT2D eigenvalue weighted by Crippen LogP contribution is 2.25. The third kappa shape index (κ3) is 2.94. The van der Waals surface area contributed by atoms with Gasteiger partial charge in [0.1, 0.15) is 0 Å². The van der Waals surface area contributed by atoms with E-state index in [1.54, 1.807) is 18.2 Å². The monoisotopic (exact) mass is 280 g/mol. The van der Waals surface area contributed by atoms with Crippen molar-refractivity contribution in [2.24, 2.45) is 0 Å². The summed E-state index contributed by atoms with van der Waals surface area (Å²) in [5.74, 6) is -0.341. The first-order valence-corrected chi connectivity index (χ1v) is 5.99. The Hall–Kier alpha value is -1.71. The zero-order valence-corrected chi connectivity index (χ0v) is 10.8.